The van der Waals surface area contributed by atoms with Crippen molar-refractivity contribution in [3.63, 3.8) is 0 Å². The summed E-state index contributed by atoms with van der Waals surface area (Å²) in [5.41, 5.74) is 43.9. The van der Waals surface area contributed by atoms with Gasteiger partial charge in [-0.2, -0.15) is 0 Å². The van der Waals surface area contributed by atoms with E-state index in [0.29, 0.717) is 18.4 Å². The molecule has 0 heterocycles. The van der Waals surface area contributed by atoms with Gasteiger partial charge < -0.3 is 152 Å². The first kappa shape index (κ1) is 114. The summed E-state index contributed by atoms with van der Waals surface area (Å²) in [5.74, 6) is -20.5. The molecule has 2 aromatic carbocycles. The van der Waals surface area contributed by atoms with Crippen molar-refractivity contribution < 1.29 is 101 Å². The fraction of sp³-hybridized carbons (Fsp3) is 0.598. The number of rotatable bonds is 63. The van der Waals surface area contributed by atoms with Crippen LogP contribution in [0.2, 0.25) is 0 Å². The molecule has 0 radical (unpaired) electrons. The van der Waals surface area contributed by atoms with Crippen LogP contribution >= 0.6 is 0 Å². The smallest absolute Gasteiger partial charge is 0.246 e. The van der Waals surface area contributed by atoms with E-state index in [1.165, 1.54) is 34.6 Å². The summed E-state index contributed by atoms with van der Waals surface area (Å²) >= 11 is 0. The maximum absolute atomic E-state index is 14.6. The van der Waals surface area contributed by atoms with Crippen molar-refractivity contribution in [2.24, 2.45) is 57.7 Å². The molecule has 19 amide bonds. The lowest BCUT2D eigenvalue weighted by atomic mass is 9.86. The predicted octanol–water partition coefficient (Wildman–Crippen LogP) is -10.6. The fourth-order valence-electron chi connectivity index (χ4n) is 12.6. The molecule has 0 aliphatic carbocycles. The van der Waals surface area contributed by atoms with E-state index in [0.717, 1.165) is 12.5 Å². The molecular weight excluding hydrogens is 1710 g/mol. The molecule has 49 heteroatoms. The minimum atomic E-state index is -1.92. The Kier molecular flexibility index (Phi) is 51.9. The Balaban J connectivity index is 2.38. The van der Waals surface area contributed by atoms with Crippen LogP contribution in [0.4, 0.5) is 0 Å². The zero-order valence-corrected chi connectivity index (χ0v) is 75.3. The zero-order valence-electron chi connectivity index (χ0n) is 75.3. The van der Waals surface area contributed by atoms with Gasteiger partial charge in [0.2, 0.25) is 112 Å². The zero-order chi connectivity index (χ0) is 98.8. The molecule has 730 valence electrons. The molecule has 2 aromatic rings. The van der Waals surface area contributed by atoms with Gasteiger partial charge in [0.25, 0.3) is 0 Å². The number of aliphatic hydroxyl groups is 2. The first-order chi connectivity index (χ1) is 61.7. The number of primary amides is 3. The molecule has 49 nitrogen and oxygen atoms in total. The van der Waals surface area contributed by atoms with Gasteiger partial charge in [0.15, 0.2) is 11.9 Å². The van der Waals surface area contributed by atoms with Crippen LogP contribution < -0.4 is 142 Å². The number of guanidine groups is 2. The van der Waals surface area contributed by atoms with Crippen molar-refractivity contribution in [3.05, 3.63) is 71.8 Å². The van der Waals surface area contributed by atoms with Crippen LogP contribution in [0.25, 0.3) is 0 Å². The Morgan fingerprint density at radius 3 is 1.23 bits per heavy atom. The van der Waals surface area contributed by atoms with Crippen molar-refractivity contribution >= 4 is 124 Å². The Labute approximate surface area is 759 Å². The lowest BCUT2D eigenvalue weighted by Gasteiger charge is -2.35. The van der Waals surface area contributed by atoms with Gasteiger partial charge in [0.05, 0.1) is 44.8 Å². The van der Waals surface area contributed by atoms with Crippen LogP contribution in [-0.2, 0) is 104 Å². The maximum Gasteiger partial charge on any atom is 0.246 e. The largest absolute Gasteiger partial charge is 0.394 e. The molecule has 131 heavy (non-hydrogen) atoms. The Morgan fingerprint density at radius 2 is 0.786 bits per heavy atom. The first-order valence-corrected chi connectivity index (χ1v) is 43.0. The average molecular weight is 1850 g/mol. The minimum Gasteiger partial charge on any atom is -0.394 e. The Bertz CT molecular complexity index is 4190. The normalized spacial score (nSPS) is 14.7. The van der Waals surface area contributed by atoms with Crippen LogP contribution in [0.1, 0.15) is 156 Å². The van der Waals surface area contributed by atoms with Crippen molar-refractivity contribution in [3.8, 4) is 0 Å². The molecule has 0 fully saturated rings. The summed E-state index contributed by atoms with van der Waals surface area (Å²) in [5, 5.41) is 81.1. The number of benzene rings is 2. The van der Waals surface area contributed by atoms with Crippen molar-refractivity contribution in [1.82, 2.24) is 95.7 Å². The number of nitrogens with two attached hydrogens (primary N) is 8. The molecule has 38 N–H and O–H groups in total. The molecule has 0 bridgehead atoms. The van der Waals surface area contributed by atoms with Crippen LogP contribution in [-0.4, -0.2) is 277 Å². The van der Waals surface area contributed by atoms with Gasteiger partial charge in [-0.25, -0.2) is 0 Å². The number of carbonyl (C=O) groups excluding carboxylic acids is 19. The van der Waals surface area contributed by atoms with E-state index in [2.05, 4.69) is 95.7 Å². The van der Waals surface area contributed by atoms with Gasteiger partial charge in [-0.3, -0.25) is 102 Å². The molecule has 0 aliphatic heterocycles. The molecule has 0 spiro atoms. The molecular formula is C82H136N28O21. The molecule has 15 atom stereocenters. The summed E-state index contributed by atoms with van der Waals surface area (Å²) in [7, 11) is 0. The highest BCUT2D eigenvalue weighted by molar-refractivity contribution is 6.02. The number of hydrogen-bond donors (Lipinski definition) is 30. The van der Waals surface area contributed by atoms with Crippen LogP contribution in [0.3, 0.4) is 0 Å². The van der Waals surface area contributed by atoms with E-state index in [4.69, 9.17) is 56.7 Å². The third-order valence-electron chi connectivity index (χ3n) is 20.4. The van der Waals surface area contributed by atoms with Crippen LogP contribution in [0.15, 0.2) is 60.7 Å². The third kappa shape index (κ3) is 44.5. The predicted molar refractivity (Wildman–Crippen MR) is 477 cm³/mol. The van der Waals surface area contributed by atoms with E-state index < -0.39 is 253 Å². The monoisotopic (exact) mass is 1850 g/mol. The fourth-order valence-corrected chi connectivity index (χ4v) is 12.6. The summed E-state index contributed by atoms with van der Waals surface area (Å²) < 4.78 is 0. The third-order valence-corrected chi connectivity index (χ3v) is 20.4. The Hall–Kier alpha value is -13.3. The lowest BCUT2D eigenvalue weighted by Crippen LogP contribution is -2.65. The quantitative estimate of drug-likeness (QED) is 0.0166. The number of hydrogen-bond acceptors (Lipinski definition) is 26. The van der Waals surface area contributed by atoms with Gasteiger partial charge >= 0.3 is 0 Å². The van der Waals surface area contributed by atoms with Gasteiger partial charge in [0, 0.05) is 25.9 Å². The number of carbonyl (C=O) groups is 19. The summed E-state index contributed by atoms with van der Waals surface area (Å²) in [6, 6.07) is -2.56. The number of aliphatic hydroxyl groups excluding tert-OH is 2. The SMILES string of the molecule is CC(C)C[C@H](NC(=O)[C@H](CCCCN)NC(=O)[C@H](CCCNC(=N)N)NC(=O)[C@H](C)NC(=O)[C@H](CO)NC(=O)[C@H](CCCCN)NC(=O)[C@H](CCCNC(=N)N)NC(=O)C(C)(NC(=O)CNC(=O)[C@@H](NC(=O)[C@H](Cc1ccccc1)NC(=O)CNC(=O)CNC(=O)[C@@H](N)Cc1ccccc1)[C@H](C)O)C(C)C)C(=O)N[C@@H](C)C(=O)N[C@@H](CC(N)=O)C(=O)N[C@@H](CCC(N)=O)C(N)=O. The molecule has 0 aliphatic rings. The molecule has 0 aromatic heterocycles. The highest BCUT2D eigenvalue weighted by atomic mass is 16.3. The molecule has 2 rings (SSSR count). The van der Waals surface area contributed by atoms with E-state index in [-0.39, 0.29) is 116 Å². The second-order valence-corrected chi connectivity index (χ2v) is 32.3. The maximum atomic E-state index is 14.6. The highest BCUT2D eigenvalue weighted by Gasteiger charge is 2.42. The second kappa shape index (κ2) is 59.8. The second-order valence-electron chi connectivity index (χ2n) is 32.3. The van der Waals surface area contributed by atoms with Crippen LogP contribution in [0, 0.1) is 22.7 Å². The van der Waals surface area contributed by atoms with Crippen LogP contribution in [0.5, 0.6) is 0 Å². The van der Waals surface area contributed by atoms with Gasteiger partial charge in [-0.1, -0.05) is 88.4 Å². The first-order valence-electron chi connectivity index (χ1n) is 43.0. The highest BCUT2D eigenvalue weighted by Crippen LogP contribution is 2.19. The van der Waals surface area contributed by atoms with Crippen molar-refractivity contribution in [2.45, 2.75) is 248 Å². The summed E-state index contributed by atoms with van der Waals surface area (Å²) in [6.07, 6.45) is -2.76. The van der Waals surface area contributed by atoms with E-state index in [1.54, 1.807) is 74.5 Å². The molecule has 1 unspecified atom stereocenters. The number of nitrogens with one attached hydrogen (secondary N) is 20. The van der Waals surface area contributed by atoms with Gasteiger partial charge in [0.1, 0.15) is 78.0 Å². The van der Waals surface area contributed by atoms with Gasteiger partial charge in [-0.05, 0) is 147 Å². The van der Waals surface area contributed by atoms with E-state index in [9.17, 15) is 101 Å². The Morgan fingerprint density at radius 1 is 0.389 bits per heavy atom. The van der Waals surface area contributed by atoms with Gasteiger partial charge in [-0.15, -0.1) is 0 Å². The minimum absolute atomic E-state index is 0.0140. The van der Waals surface area contributed by atoms with E-state index in [1.807, 2.05) is 0 Å². The van der Waals surface area contributed by atoms with Crippen molar-refractivity contribution in [2.75, 3.05) is 52.4 Å². The van der Waals surface area contributed by atoms with Crippen molar-refractivity contribution in [1.29, 1.82) is 10.8 Å². The number of unbranched alkanes of at least 4 members (excludes halogenated alkanes) is 2. The average Bonchev–Trinajstić information content (AvgIpc) is 0.812. The number of amides is 19. The topological polar surface area (TPSA) is 837 Å². The van der Waals surface area contributed by atoms with E-state index >= 15 is 0 Å². The summed E-state index contributed by atoms with van der Waals surface area (Å²) in [4.78, 5) is 257. The molecule has 0 saturated carbocycles. The summed E-state index contributed by atoms with van der Waals surface area (Å²) in [6.45, 7) is 8.38. The standard InChI is InChI=1S/C82H136N28O21/c1-43(2)35-56(74(126)98-46(6)68(120)105-58(38-61(87)114)75(127)101-51(66(88)118)29-30-60(86)113)106-71(123)52(25-15-17-31-83)103-70(122)54(27-19-33-93-80(89)90)102-67(119)45(5)99-77(129)59(42-111)107-72(124)53(26-16-18-32-84)104-73(125)55(28-20-34-94-81(91)92)108-79(131)82(8,44(3)4)110-64(117)41-97-78(130)65(47(7)112)109-76(128)57(37-49-23-13-10-14-24-49)100-63(116)40-95-62(115)39-96-69(121)50(85)36-48-21-11-9-12-22-48/h9-14,21-24,43-47,50-59,65,111-112H,15-20,25-42,83-85H2,1-8H3,(H2,86,113)(H2,87,114)(H2,88,118)(H,95,115)(H,96,121)(H,97,130)(H,98,126)(H,99,129)(H,100,116)(H,101,127)(H,102,119)(H,103,122)(H,104,125)(H,105,120)(H,106,123)(H,107,124)(H,108,131)(H,109,128)(H,110,117)(H4,89,90,93)(H4,91,92,94)/t45-,46-,47-,50-,51-,52-,53-,54-,55-,56-,57-,58-,59-,65-,82?/m0/s1. The molecule has 0 saturated heterocycles. The lowest BCUT2D eigenvalue weighted by molar-refractivity contribution is -0.138.